The van der Waals surface area contributed by atoms with Crippen LogP contribution in [0.3, 0.4) is 0 Å². The highest BCUT2D eigenvalue weighted by Crippen LogP contribution is 2.39. The Kier molecular flexibility index (Phi) is 4.19. The molecular weight excluding hydrogens is 358 g/mol. The Balaban J connectivity index is 1.89. The molecule has 0 saturated heterocycles. The average molecular weight is 375 g/mol. The van der Waals surface area contributed by atoms with Crippen molar-refractivity contribution in [3.8, 4) is 5.75 Å². The van der Waals surface area contributed by atoms with Gasteiger partial charge < -0.3 is 10.4 Å². The third-order valence-corrected chi connectivity index (χ3v) is 4.72. The fraction of sp³-hybridized carbons (Fsp3) is 0.0952. The largest absolute Gasteiger partial charge is 0.502 e. The third-order valence-electron chi connectivity index (χ3n) is 4.72. The van der Waals surface area contributed by atoms with Gasteiger partial charge in [-0.2, -0.15) is 0 Å². The normalized spacial score (nSPS) is 15.7. The molecule has 1 atom stereocenters. The van der Waals surface area contributed by atoms with Gasteiger partial charge >= 0.3 is 5.69 Å². The van der Waals surface area contributed by atoms with Crippen molar-refractivity contribution in [2.24, 2.45) is 0 Å². The topological polar surface area (TPSA) is 95.7 Å². The molecule has 0 radical (unpaired) electrons. The monoisotopic (exact) mass is 375 g/mol. The van der Waals surface area contributed by atoms with Crippen LogP contribution in [0.25, 0.3) is 0 Å². The van der Waals surface area contributed by atoms with Crippen molar-refractivity contribution in [3.05, 3.63) is 93.5 Å². The standard InChI is InChI=1S/C21H17N3O4/c1-13-5-4-6-15(11-13)23-20(14-9-10-19(25)18(12-14)24(27)28)22-17-8-3-2-7-16(17)21(23)26/h2-12,20,22,25H,1H3/t20-/m0/s1. The molecule has 0 aliphatic carbocycles. The number of amides is 1. The lowest BCUT2D eigenvalue weighted by Crippen LogP contribution is -2.43. The molecule has 140 valence electrons. The van der Waals surface area contributed by atoms with Crippen molar-refractivity contribution in [1.82, 2.24) is 0 Å². The van der Waals surface area contributed by atoms with Crippen LogP contribution >= 0.6 is 0 Å². The van der Waals surface area contributed by atoms with E-state index in [1.165, 1.54) is 12.1 Å². The number of para-hydroxylation sites is 1. The Hall–Kier alpha value is -3.87. The maximum Gasteiger partial charge on any atom is 0.311 e. The van der Waals surface area contributed by atoms with Gasteiger partial charge in [0.2, 0.25) is 0 Å². The SMILES string of the molecule is Cc1cccc(N2C(=O)c3ccccc3N[C@@H]2c2ccc(O)c([N+](=O)[O-])c2)c1. The number of rotatable bonds is 3. The van der Waals surface area contributed by atoms with Crippen molar-refractivity contribution in [1.29, 1.82) is 0 Å². The summed E-state index contributed by atoms with van der Waals surface area (Å²) in [7, 11) is 0. The van der Waals surface area contributed by atoms with Gasteiger partial charge in [-0.05, 0) is 42.8 Å². The minimum Gasteiger partial charge on any atom is -0.502 e. The molecule has 2 N–H and O–H groups in total. The van der Waals surface area contributed by atoms with E-state index in [2.05, 4.69) is 5.32 Å². The first-order valence-corrected chi connectivity index (χ1v) is 8.69. The number of nitro benzene ring substituents is 1. The van der Waals surface area contributed by atoms with E-state index in [1.807, 2.05) is 37.3 Å². The van der Waals surface area contributed by atoms with Gasteiger partial charge in [-0.1, -0.05) is 30.3 Å². The molecule has 1 heterocycles. The van der Waals surface area contributed by atoms with Crippen LogP contribution in [0.4, 0.5) is 17.1 Å². The van der Waals surface area contributed by atoms with Gasteiger partial charge in [-0.25, -0.2) is 0 Å². The van der Waals surface area contributed by atoms with Crippen LogP contribution in [-0.2, 0) is 0 Å². The predicted molar refractivity (Wildman–Crippen MR) is 106 cm³/mol. The molecule has 3 aromatic rings. The Bertz CT molecular complexity index is 1100. The average Bonchev–Trinajstić information content (AvgIpc) is 2.68. The van der Waals surface area contributed by atoms with Gasteiger partial charge in [0.15, 0.2) is 5.75 Å². The molecule has 3 aromatic carbocycles. The first-order chi connectivity index (χ1) is 13.5. The number of phenolic OH excluding ortho intramolecular Hbond substituents is 1. The predicted octanol–water partition coefficient (Wildman–Crippen LogP) is 4.38. The van der Waals surface area contributed by atoms with Gasteiger partial charge in [0.25, 0.3) is 5.91 Å². The number of hydrogen-bond donors (Lipinski definition) is 2. The molecule has 1 aliphatic rings. The number of nitrogens with zero attached hydrogens (tertiary/aromatic N) is 2. The van der Waals surface area contributed by atoms with Crippen molar-refractivity contribution < 1.29 is 14.8 Å². The zero-order valence-electron chi connectivity index (χ0n) is 15.0. The zero-order chi connectivity index (χ0) is 19.8. The number of fused-ring (bicyclic) bond motifs is 1. The molecule has 7 heteroatoms. The van der Waals surface area contributed by atoms with Gasteiger partial charge in [0.05, 0.1) is 10.5 Å². The van der Waals surface area contributed by atoms with E-state index in [9.17, 15) is 20.0 Å². The third kappa shape index (κ3) is 2.92. The molecule has 0 unspecified atom stereocenters. The number of hydrogen-bond acceptors (Lipinski definition) is 5. The summed E-state index contributed by atoms with van der Waals surface area (Å²) < 4.78 is 0. The molecular formula is C21H17N3O4. The lowest BCUT2D eigenvalue weighted by Gasteiger charge is -2.38. The molecule has 0 bridgehead atoms. The first-order valence-electron chi connectivity index (χ1n) is 8.69. The van der Waals surface area contributed by atoms with E-state index in [0.717, 1.165) is 5.56 Å². The summed E-state index contributed by atoms with van der Waals surface area (Å²) in [6.07, 6.45) is -0.663. The summed E-state index contributed by atoms with van der Waals surface area (Å²) in [5, 5.41) is 24.3. The number of benzene rings is 3. The molecule has 28 heavy (non-hydrogen) atoms. The van der Waals surface area contributed by atoms with Crippen molar-refractivity contribution >= 4 is 23.0 Å². The van der Waals surface area contributed by atoms with Crippen LogP contribution in [0.15, 0.2) is 66.7 Å². The maximum atomic E-state index is 13.3. The highest BCUT2D eigenvalue weighted by molar-refractivity contribution is 6.12. The van der Waals surface area contributed by atoms with E-state index >= 15 is 0 Å². The van der Waals surface area contributed by atoms with Crippen molar-refractivity contribution in [2.75, 3.05) is 10.2 Å². The second kappa shape index (κ2) is 6.70. The van der Waals surface area contributed by atoms with E-state index in [1.54, 1.807) is 29.2 Å². The molecule has 0 spiro atoms. The van der Waals surface area contributed by atoms with Gasteiger partial charge in [-0.3, -0.25) is 19.8 Å². The number of anilines is 2. The van der Waals surface area contributed by atoms with Gasteiger partial charge in [-0.15, -0.1) is 0 Å². The molecule has 4 rings (SSSR count). The van der Waals surface area contributed by atoms with Gasteiger partial charge in [0, 0.05) is 23.0 Å². The maximum absolute atomic E-state index is 13.3. The lowest BCUT2D eigenvalue weighted by atomic mass is 10.0. The summed E-state index contributed by atoms with van der Waals surface area (Å²) in [6.45, 7) is 1.93. The highest BCUT2D eigenvalue weighted by atomic mass is 16.6. The number of nitrogens with one attached hydrogen (secondary N) is 1. The quantitative estimate of drug-likeness (QED) is 0.523. The highest BCUT2D eigenvalue weighted by Gasteiger charge is 2.35. The number of aromatic hydroxyl groups is 1. The summed E-state index contributed by atoms with van der Waals surface area (Å²) in [4.78, 5) is 25.5. The number of carbonyl (C=O) groups excluding carboxylic acids is 1. The Morgan fingerprint density at radius 2 is 1.86 bits per heavy atom. The summed E-state index contributed by atoms with van der Waals surface area (Å²) in [5.41, 5.74) is 2.92. The Morgan fingerprint density at radius 3 is 2.61 bits per heavy atom. The Labute approximate surface area is 161 Å². The molecule has 7 nitrogen and oxygen atoms in total. The lowest BCUT2D eigenvalue weighted by molar-refractivity contribution is -0.385. The van der Waals surface area contributed by atoms with E-state index in [-0.39, 0.29) is 5.91 Å². The minimum atomic E-state index is -0.663. The molecule has 1 aliphatic heterocycles. The fourth-order valence-electron chi connectivity index (χ4n) is 3.39. The van der Waals surface area contributed by atoms with Crippen LogP contribution in [0.2, 0.25) is 0 Å². The minimum absolute atomic E-state index is 0.208. The first kappa shape index (κ1) is 17.5. The molecule has 0 fully saturated rings. The second-order valence-electron chi connectivity index (χ2n) is 6.61. The smallest absolute Gasteiger partial charge is 0.311 e. The van der Waals surface area contributed by atoms with Crippen LogP contribution in [0.1, 0.15) is 27.7 Å². The van der Waals surface area contributed by atoms with Crippen molar-refractivity contribution in [3.63, 3.8) is 0 Å². The van der Waals surface area contributed by atoms with Crippen LogP contribution in [0.5, 0.6) is 5.75 Å². The zero-order valence-corrected chi connectivity index (χ0v) is 15.0. The molecule has 1 amide bonds. The van der Waals surface area contributed by atoms with E-state index in [0.29, 0.717) is 22.5 Å². The molecule has 0 saturated carbocycles. The number of nitro groups is 1. The van der Waals surface area contributed by atoms with Crippen molar-refractivity contribution in [2.45, 2.75) is 13.1 Å². The summed E-state index contributed by atoms with van der Waals surface area (Å²) in [5.74, 6) is -0.626. The van der Waals surface area contributed by atoms with E-state index in [4.69, 9.17) is 0 Å². The number of aryl methyl sites for hydroxylation is 1. The molecule has 0 aromatic heterocycles. The summed E-state index contributed by atoms with van der Waals surface area (Å²) in [6, 6.07) is 18.8. The van der Waals surface area contributed by atoms with Crippen LogP contribution in [-0.4, -0.2) is 15.9 Å². The fourth-order valence-corrected chi connectivity index (χ4v) is 3.39. The number of phenols is 1. The van der Waals surface area contributed by atoms with Crippen LogP contribution < -0.4 is 10.2 Å². The van der Waals surface area contributed by atoms with E-state index < -0.39 is 22.5 Å². The number of carbonyl (C=O) groups is 1. The Morgan fingerprint density at radius 1 is 1.07 bits per heavy atom. The van der Waals surface area contributed by atoms with Gasteiger partial charge in [0.1, 0.15) is 6.17 Å². The van der Waals surface area contributed by atoms with Crippen LogP contribution in [0, 0.1) is 17.0 Å². The summed E-state index contributed by atoms with van der Waals surface area (Å²) >= 11 is 0. The second-order valence-corrected chi connectivity index (χ2v) is 6.61.